The van der Waals surface area contributed by atoms with Gasteiger partial charge in [0.1, 0.15) is 11.6 Å². The lowest BCUT2D eigenvalue weighted by Gasteiger charge is -2.47. The van der Waals surface area contributed by atoms with Gasteiger partial charge in [0.25, 0.3) is 0 Å². The Hall–Kier alpha value is -2.60. The third-order valence-electron chi connectivity index (χ3n) is 6.46. The van der Waals surface area contributed by atoms with Crippen LogP contribution in [-0.2, 0) is 16.1 Å². The van der Waals surface area contributed by atoms with Crippen LogP contribution < -0.4 is 10.1 Å². The maximum absolute atomic E-state index is 13.9. The minimum absolute atomic E-state index is 0.139. The van der Waals surface area contributed by atoms with Crippen LogP contribution in [0.4, 0.5) is 10.1 Å². The molecule has 5 nitrogen and oxygen atoms in total. The molecule has 1 fully saturated rings. The molecular weight excluding hydrogens is 431 g/mol. The normalized spacial score (nSPS) is 21.8. The first kappa shape index (κ1) is 26.0. The van der Waals surface area contributed by atoms with Crippen molar-refractivity contribution in [3.05, 3.63) is 59.9 Å². The van der Waals surface area contributed by atoms with Crippen LogP contribution in [0.15, 0.2) is 48.5 Å². The highest BCUT2D eigenvalue weighted by Crippen LogP contribution is 2.37. The molecule has 34 heavy (non-hydrogen) atoms. The molecule has 1 aliphatic heterocycles. The Labute approximate surface area is 203 Å². The van der Waals surface area contributed by atoms with Crippen LogP contribution in [-0.4, -0.2) is 41.7 Å². The second-order valence-electron chi connectivity index (χ2n) is 9.86. The van der Waals surface area contributed by atoms with Gasteiger partial charge in [0.2, 0.25) is 0 Å². The summed E-state index contributed by atoms with van der Waals surface area (Å²) in [6.07, 6.45) is 2.47. The topological polar surface area (TPSA) is 50.8 Å². The smallest absolute Gasteiger partial charge is 0.308 e. The molecular formula is C28H39FN2O3. The van der Waals surface area contributed by atoms with E-state index in [0.29, 0.717) is 13.0 Å². The third kappa shape index (κ3) is 7.20. The number of rotatable bonds is 10. The first-order valence-corrected chi connectivity index (χ1v) is 12.4. The van der Waals surface area contributed by atoms with Gasteiger partial charge in [-0.25, -0.2) is 4.39 Å². The van der Waals surface area contributed by atoms with Gasteiger partial charge in [-0.1, -0.05) is 25.1 Å². The number of nitrogens with zero attached hydrogens (tertiary/aromatic N) is 1. The van der Waals surface area contributed by atoms with Crippen molar-refractivity contribution in [1.29, 1.82) is 0 Å². The van der Waals surface area contributed by atoms with Crippen LogP contribution in [0, 0.1) is 11.7 Å². The van der Waals surface area contributed by atoms with Crippen molar-refractivity contribution in [1.82, 2.24) is 4.90 Å². The maximum Gasteiger partial charge on any atom is 0.308 e. The maximum atomic E-state index is 13.9. The number of piperidine rings is 1. The molecule has 1 unspecified atom stereocenters. The summed E-state index contributed by atoms with van der Waals surface area (Å²) < 4.78 is 25.0. The van der Waals surface area contributed by atoms with E-state index >= 15 is 0 Å². The molecule has 1 saturated heterocycles. The molecule has 0 spiro atoms. The van der Waals surface area contributed by atoms with Crippen LogP contribution in [0.3, 0.4) is 0 Å². The van der Waals surface area contributed by atoms with Gasteiger partial charge in [-0.05, 0) is 82.9 Å². The van der Waals surface area contributed by atoms with E-state index in [2.05, 4.69) is 29.3 Å². The van der Waals surface area contributed by atoms with Crippen molar-refractivity contribution in [2.45, 2.75) is 78.1 Å². The Morgan fingerprint density at radius 3 is 2.65 bits per heavy atom. The molecule has 6 heteroatoms. The minimum Gasteiger partial charge on any atom is -0.491 e. The van der Waals surface area contributed by atoms with Crippen molar-refractivity contribution in [2.75, 3.05) is 18.5 Å². The zero-order valence-electron chi connectivity index (χ0n) is 21.1. The lowest BCUT2D eigenvalue weighted by Crippen LogP contribution is -2.54. The Balaban J connectivity index is 1.75. The molecule has 0 aliphatic carbocycles. The zero-order chi connectivity index (χ0) is 24.7. The van der Waals surface area contributed by atoms with Gasteiger partial charge >= 0.3 is 5.97 Å². The summed E-state index contributed by atoms with van der Waals surface area (Å²) in [5, 5.41) is 3.61. The zero-order valence-corrected chi connectivity index (χ0v) is 21.1. The molecule has 0 amide bonds. The van der Waals surface area contributed by atoms with E-state index in [9.17, 15) is 9.18 Å². The highest BCUT2D eigenvalue weighted by atomic mass is 19.1. The summed E-state index contributed by atoms with van der Waals surface area (Å²) >= 11 is 0. The molecule has 3 rings (SSSR count). The summed E-state index contributed by atoms with van der Waals surface area (Å²) in [6.45, 7) is 12.1. The van der Waals surface area contributed by atoms with E-state index in [1.165, 1.54) is 17.7 Å². The number of halogens is 1. The Kier molecular flexibility index (Phi) is 8.95. The number of ether oxygens (including phenoxy) is 2. The van der Waals surface area contributed by atoms with Gasteiger partial charge < -0.3 is 14.8 Å². The van der Waals surface area contributed by atoms with Crippen LogP contribution in [0.1, 0.15) is 59.4 Å². The molecule has 2 aromatic rings. The van der Waals surface area contributed by atoms with Crippen LogP contribution in [0.25, 0.3) is 0 Å². The van der Waals surface area contributed by atoms with E-state index < -0.39 is 0 Å². The lowest BCUT2D eigenvalue weighted by molar-refractivity contribution is -0.148. The van der Waals surface area contributed by atoms with Gasteiger partial charge in [0, 0.05) is 30.4 Å². The van der Waals surface area contributed by atoms with Crippen LogP contribution in [0.2, 0.25) is 0 Å². The van der Waals surface area contributed by atoms with Crippen molar-refractivity contribution >= 4 is 11.7 Å². The largest absolute Gasteiger partial charge is 0.491 e. The molecule has 1 N–H and O–H groups in total. The van der Waals surface area contributed by atoms with Gasteiger partial charge in [-0.2, -0.15) is 0 Å². The second-order valence-corrected chi connectivity index (χ2v) is 9.86. The number of likely N-dealkylation sites (tertiary alicyclic amines) is 1. The summed E-state index contributed by atoms with van der Waals surface area (Å²) in [5.41, 5.74) is 1.64. The number of hydrogen-bond donors (Lipinski definition) is 1. The number of carbonyl (C=O) groups excluding carboxylic acids is 1. The summed E-state index contributed by atoms with van der Waals surface area (Å²) in [7, 11) is 0. The fraction of sp³-hybridized carbons (Fsp3) is 0.536. The molecule has 3 atom stereocenters. The second kappa shape index (κ2) is 11.7. The van der Waals surface area contributed by atoms with Gasteiger partial charge in [0.05, 0.1) is 18.6 Å². The van der Waals surface area contributed by atoms with Crippen molar-refractivity contribution in [2.24, 2.45) is 5.92 Å². The molecule has 0 bridgehead atoms. The summed E-state index contributed by atoms with van der Waals surface area (Å²) in [4.78, 5) is 14.9. The molecule has 1 heterocycles. The molecule has 2 aromatic carbocycles. The SMILES string of the molecule is CCOC(=O)C(C)C[C@@]1(Nc2cccc(F)c2)CCN(Cc2cccc(OC(C)C)c2)[C@@H](C)C1. The van der Waals surface area contributed by atoms with E-state index in [1.54, 1.807) is 6.07 Å². The Bertz CT molecular complexity index is 951. The van der Waals surface area contributed by atoms with Gasteiger partial charge in [-0.15, -0.1) is 0 Å². The van der Waals surface area contributed by atoms with E-state index in [-0.39, 0.29) is 35.4 Å². The predicted molar refractivity (Wildman–Crippen MR) is 134 cm³/mol. The van der Waals surface area contributed by atoms with Crippen molar-refractivity contribution < 1.29 is 18.7 Å². The quantitative estimate of drug-likeness (QED) is 0.429. The van der Waals surface area contributed by atoms with Crippen LogP contribution >= 0.6 is 0 Å². The van der Waals surface area contributed by atoms with E-state index in [0.717, 1.165) is 37.4 Å². The van der Waals surface area contributed by atoms with Crippen molar-refractivity contribution in [3.63, 3.8) is 0 Å². The number of nitrogens with one attached hydrogen (secondary N) is 1. The highest BCUT2D eigenvalue weighted by Gasteiger charge is 2.40. The highest BCUT2D eigenvalue weighted by molar-refractivity contribution is 5.72. The molecule has 0 radical (unpaired) electrons. The number of esters is 1. The van der Waals surface area contributed by atoms with Gasteiger partial charge in [0.15, 0.2) is 0 Å². The minimum atomic E-state index is -0.321. The van der Waals surface area contributed by atoms with E-state index in [4.69, 9.17) is 9.47 Å². The lowest BCUT2D eigenvalue weighted by atomic mass is 9.77. The van der Waals surface area contributed by atoms with Gasteiger partial charge in [-0.3, -0.25) is 9.69 Å². The van der Waals surface area contributed by atoms with E-state index in [1.807, 2.05) is 45.9 Å². The standard InChI is InChI=1S/C28H39FN2O3/c1-6-33-27(32)21(4)17-28(30-25-11-8-10-24(29)16-25)13-14-31(22(5)18-28)19-23-9-7-12-26(15-23)34-20(2)3/h7-12,15-16,20-22,30H,6,13-14,17-19H2,1-5H3/t21?,22-,28-/m0/s1. The molecule has 186 valence electrons. The third-order valence-corrected chi connectivity index (χ3v) is 6.46. The summed E-state index contributed by atoms with van der Waals surface area (Å²) in [5.74, 6) is 0.194. The summed E-state index contributed by atoms with van der Waals surface area (Å²) in [6, 6.07) is 15.1. The average Bonchev–Trinajstić information content (AvgIpc) is 2.76. The molecule has 1 aliphatic rings. The molecule has 0 saturated carbocycles. The Morgan fingerprint density at radius 2 is 1.97 bits per heavy atom. The first-order valence-electron chi connectivity index (χ1n) is 12.4. The predicted octanol–water partition coefficient (Wildman–Crippen LogP) is 6.04. The first-order chi connectivity index (χ1) is 16.2. The monoisotopic (exact) mass is 470 g/mol. The Morgan fingerprint density at radius 1 is 1.21 bits per heavy atom. The fourth-order valence-corrected chi connectivity index (χ4v) is 5.01. The van der Waals surface area contributed by atoms with Crippen molar-refractivity contribution in [3.8, 4) is 5.75 Å². The number of anilines is 1. The number of carbonyl (C=O) groups is 1. The average molecular weight is 471 g/mol. The van der Waals surface area contributed by atoms with Crippen LogP contribution in [0.5, 0.6) is 5.75 Å². The molecule has 0 aromatic heterocycles. The number of hydrogen-bond acceptors (Lipinski definition) is 5. The number of benzene rings is 2. The fourth-order valence-electron chi connectivity index (χ4n) is 5.01.